The molecule has 0 bridgehead atoms. The van der Waals surface area contributed by atoms with Crippen molar-refractivity contribution in [1.29, 1.82) is 0 Å². The number of aromatic nitrogens is 2. The summed E-state index contributed by atoms with van der Waals surface area (Å²) >= 11 is 0. The second-order valence-electron chi connectivity index (χ2n) is 9.26. The quantitative estimate of drug-likeness (QED) is 0.202. The van der Waals surface area contributed by atoms with Gasteiger partial charge in [0.1, 0.15) is 5.75 Å². The first-order chi connectivity index (χ1) is 16.0. The molecule has 1 fully saturated rings. The van der Waals surface area contributed by atoms with Crippen molar-refractivity contribution in [2.24, 2.45) is 0 Å². The highest BCUT2D eigenvalue weighted by atomic mass is 16.8. The van der Waals surface area contributed by atoms with Crippen LogP contribution in [-0.4, -0.2) is 34.4 Å². The number of hydrogen-bond donors (Lipinski definition) is 0. The Morgan fingerprint density at radius 1 is 0.970 bits per heavy atom. The third-order valence-corrected chi connectivity index (χ3v) is 5.88. The smallest absolute Gasteiger partial charge is 0.343 e. The molecule has 1 aromatic heterocycles. The zero-order valence-electron chi connectivity index (χ0n) is 20.3. The average molecular weight is 455 g/mol. The van der Waals surface area contributed by atoms with E-state index in [2.05, 4.69) is 16.9 Å². The monoisotopic (exact) mass is 454 g/mol. The lowest BCUT2D eigenvalue weighted by molar-refractivity contribution is -0.162. The summed E-state index contributed by atoms with van der Waals surface area (Å²) in [5, 5.41) is 0. The summed E-state index contributed by atoms with van der Waals surface area (Å²) in [6.07, 6.45) is 16.1. The predicted molar refractivity (Wildman–Crippen MR) is 129 cm³/mol. The average Bonchev–Trinajstić information content (AvgIpc) is 3.19. The second-order valence-corrected chi connectivity index (χ2v) is 9.26. The fraction of sp³-hybridized carbons (Fsp3) is 0.593. The second kappa shape index (κ2) is 12.8. The van der Waals surface area contributed by atoms with E-state index in [1.54, 1.807) is 26.0 Å². The molecule has 1 aromatic carbocycles. The van der Waals surface area contributed by atoms with E-state index in [0.717, 1.165) is 12.0 Å². The SMILES string of the molecule is CCCCCCCCCCCc1cnc(-c2ccc(OC(=O)[C@H]3COC(C)(C)O3)cc2)nc1. The molecule has 0 saturated carbocycles. The Morgan fingerprint density at radius 2 is 1.58 bits per heavy atom. The van der Waals surface area contributed by atoms with Crippen molar-refractivity contribution in [1.82, 2.24) is 9.97 Å². The normalized spacial score (nSPS) is 17.2. The third-order valence-electron chi connectivity index (χ3n) is 5.88. The predicted octanol–water partition coefficient (Wildman–Crippen LogP) is 6.27. The summed E-state index contributed by atoms with van der Waals surface area (Å²) in [5.41, 5.74) is 2.06. The summed E-state index contributed by atoms with van der Waals surface area (Å²) in [7, 11) is 0. The van der Waals surface area contributed by atoms with Gasteiger partial charge in [0, 0.05) is 18.0 Å². The summed E-state index contributed by atoms with van der Waals surface area (Å²) in [6, 6.07) is 7.20. The van der Waals surface area contributed by atoms with Gasteiger partial charge in [-0.3, -0.25) is 0 Å². The maximum Gasteiger partial charge on any atom is 0.343 e. The number of ether oxygens (including phenoxy) is 3. The van der Waals surface area contributed by atoms with Crippen LogP contribution in [0.1, 0.15) is 84.1 Å². The Hall–Kier alpha value is -2.31. The highest BCUT2D eigenvalue weighted by Crippen LogP contribution is 2.25. The van der Waals surface area contributed by atoms with Crippen LogP contribution in [0.2, 0.25) is 0 Å². The number of carbonyl (C=O) groups is 1. The van der Waals surface area contributed by atoms with Gasteiger partial charge in [-0.2, -0.15) is 0 Å². The van der Waals surface area contributed by atoms with Gasteiger partial charge >= 0.3 is 5.97 Å². The van der Waals surface area contributed by atoms with Crippen LogP contribution in [0.3, 0.4) is 0 Å². The zero-order chi connectivity index (χ0) is 23.5. The van der Waals surface area contributed by atoms with Gasteiger partial charge in [-0.25, -0.2) is 14.8 Å². The number of hydrogen-bond acceptors (Lipinski definition) is 6. The zero-order valence-corrected chi connectivity index (χ0v) is 20.3. The van der Waals surface area contributed by atoms with Crippen molar-refractivity contribution in [2.45, 2.75) is 96.9 Å². The Balaban J connectivity index is 1.38. The topological polar surface area (TPSA) is 70.5 Å². The molecule has 1 aliphatic heterocycles. The molecule has 0 spiro atoms. The minimum atomic E-state index is -0.759. The molecule has 180 valence electrons. The van der Waals surface area contributed by atoms with Gasteiger partial charge in [-0.15, -0.1) is 0 Å². The minimum Gasteiger partial charge on any atom is -0.425 e. The van der Waals surface area contributed by atoms with Crippen molar-refractivity contribution in [3.05, 3.63) is 42.2 Å². The number of unbranched alkanes of at least 4 members (excludes halogenated alkanes) is 8. The molecule has 6 nitrogen and oxygen atoms in total. The van der Waals surface area contributed by atoms with Crippen LogP contribution in [-0.2, 0) is 20.7 Å². The highest BCUT2D eigenvalue weighted by molar-refractivity contribution is 5.77. The molecule has 2 heterocycles. The molecule has 6 heteroatoms. The standard InChI is InChI=1S/C27H38N2O4/c1-4-5-6-7-8-9-10-11-12-13-21-18-28-25(29-19-21)22-14-16-23(17-15-22)32-26(30)24-20-31-27(2,3)33-24/h14-19,24H,4-13,20H2,1-3H3/t24-/m1/s1. The largest absolute Gasteiger partial charge is 0.425 e. The molecule has 0 N–H and O–H groups in total. The number of rotatable bonds is 13. The van der Waals surface area contributed by atoms with E-state index in [-0.39, 0.29) is 6.61 Å². The van der Waals surface area contributed by atoms with Crippen LogP contribution >= 0.6 is 0 Å². The molecule has 1 atom stereocenters. The van der Waals surface area contributed by atoms with Crippen molar-refractivity contribution < 1.29 is 19.0 Å². The van der Waals surface area contributed by atoms with Crippen LogP contribution < -0.4 is 4.74 Å². The molecular weight excluding hydrogens is 416 g/mol. The summed E-state index contributed by atoms with van der Waals surface area (Å²) in [5.74, 6) is -0.0901. The first-order valence-electron chi connectivity index (χ1n) is 12.4. The van der Waals surface area contributed by atoms with Crippen molar-refractivity contribution in [2.75, 3.05) is 6.61 Å². The molecule has 1 aliphatic rings. The van der Waals surface area contributed by atoms with Gasteiger partial charge in [-0.05, 0) is 56.5 Å². The molecule has 0 radical (unpaired) electrons. The van der Waals surface area contributed by atoms with E-state index < -0.39 is 17.9 Å². The van der Waals surface area contributed by atoms with Gasteiger partial charge < -0.3 is 14.2 Å². The van der Waals surface area contributed by atoms with E-state index in [9.17, 15) is 4.79 Å². The van der Waals surface area contributed by atoms with Gasteiger partial charge in [0.15, 0.2) is 17.7 Å². The van der Waals surface area contributed by atoms with E-state index in [1.165, 1.54) is 63.4 Å². The first kappa shape index (κ1) is 25.3. The minimum absolute atomic E-state index is 0.198. The van der Waals surface area contributed by atoms with Crippen LogP contribution in [0.4, 0.5) is 0 Å². The molecule has 3 rings (SSSR count). The lowest BCUT2D eigenvalue weighted by Crippen LogP contribution is -2.30. The molecule has 0 amide bonds. The molecule has 1 saturated heterocycles. The van der Waals surface area contributed by atoms with Crippen molar-refractivity contribution >= 4 is 5.97 Å². The van der Waals surface area contributed by atoms with E-state index in [1.807, 2.05) is 24.5 Å². The lowest BCUT2D eigenvalue weighted by Gasteiger charge is -2.16. The Morgan fingerprint density at radius 3 is 2.15 bits per heavy atom. The molecule has 2 aromatic rings. The Bertz CT molecular complexity index is 849. The number of benzene rings is 1. The highest BCUT2D eigenvalue weighted by Gasteiger charge is 2.38. The number of esters is 1. The Kier molecular flexibility index (Phi) is 9.82. The van der Waals surface area contributed by atoms with Crippen LogP contribution in [0.5, 0.6) is 5.75 Å². The maximum absolute atomic E-state index is 12.2. The molecular formula is C27H38N2O4. The summed E-state index contributed by atoms with van der Waals surface area (Å²) < 4.78 is 16.4. The maximum atomic E-state index is 12.2. The van der Waals surface area contributed by atoms with E-state index >= 15 is 0 Å². The van der Waals surface area contributed by atoms with E-state index in [0.29, 0.717) is 11.6 Å². The van der Waals surface area contributed by atoms with Crippen LogP contribution in [0, 0.1) is 0 Å². The number of carbonyl (C=O) groups excluding carboxylic acids is 1. The van der Waals surface area contributed by atoms with Gasteiger partial charge in [0.2, 0.25) is 0 Å². The Labute approximate surface area is 198 Å². The van der Waals surface area contributed by atoms with Gasteiger partial charge in [0.05, 0.1) is 6.61 Å². The van der Waals surface area contributed by atoms with Crippen molar-refractivity contribution in [3.63, 3.8) is 0 Å². The summed E-state index contributed by atoms with van der Waals surface area (Å²) in [4.78, 5) is 21.3. The summed E-state index contributed by atoms with van der Waals surface area (Å²) in [6.45, 7) is 6.01. The number of aryl methyl sites for hydroxylation is 1. The first-order valence-corrected chi connectivity index (χ1v) is 12.4. The molecule has 0 unspecified atom stereocenters. The molecule has 33 heavy (non-hydrogen) atoms. The molecule has 0 aliphatic carbocycles. The lowest BCUT2D eigenvalue weighted by atomic mass is 10.1. The van der Waals surface area contributed by atoms with Crippen LogP contribution in [0.25, 0.3) is 11.4 Å². The van der Waals surface area contributed by atoms with Crippen LogP contribution in [0.15, 0.2) is 36.7 Å². The van der Waals surface area contributed by atoms with Gasteiger partial charge in [-0.1, -0.05) is 58.3 Å². The van der Waals surface area contributed by atoms with Gasteiger partial charge in [0.25, 0.3) is 0 Å². The van der Waals surface area contributed by atoms with E-state index in [4.69, 9.17) is 14.2 Å². The third kappa shape index (κ3) is 8.52. The van der Waals surface area contributed by atoms with Crippen molar-refractivity contribution in [3.8, 4) is 17.1 Å². The fourth-order valence-electron chi connectivity index (χ4n) is 3.93. The fourth-order valence-corrected chi connectivity index (χ4v) is 3.93. The number of nitrogens with zero attached hydrogens (tertiary/aromatic N) is 2.